The molecule has 0 amide bonds. The molecule has 0 aliphatic rings. The summed E-state index contributed by atoms with van der Waals surface area (Å²) in [6.07, 6.45) is 0. The average molecular weight is 301 g/mol. The Labute approximate surface area is 118 Å². The second kappa shape index (κ2) is 6.32. The molecule has 3 nitrogen and oxygen atoms in total. The zero-order valence-corrected chi connectivity index (χ0v) is 11.9. The van der Waals surface area contributed by atoms with Crippen LogP contribution >= 0.6 is 11.3 Å². The maximum Gasteiger partial charge on any atom is 0.195 e. The van der Waals surface area contributed by atoms with E-state index in [4.69, 9.17) is 0 Å². The van der Waals surface area contributed by atoms with E-state index in [1.165, 1.54) is 6.07 Å². The number of hydrogen-bond donors (Lipinski definition) is 1. The smallest absolute Gasteiger partial charge is 0.195 e. The van der Waals surface area contributed by atoms with E-state index in [0.29, 0.717) is 17.5 Å². The summed E-state index contributed by atoms with van der Waals surface area (Å²) in [5.41, 5.74) is -0.0727. The first-order chi connectivity index (χ1) is 9.49. The molecule has 1 aromatic carbocycles. The number of aromatic nitrogens is 2. The van der Waals surface area contributed by atoms with E-state index < -0.39 is 17.5 Å². The van der Waals surface area contributed by atoms with Crippen LogP contribution in [0.1, 0.15) is 18.9 Å². The largest absolute Gasteiger partial charge is 0.310 e. The summed E-state index contributed by atoms with van der Waals surface area (Å²) in [5, 5.41) is 11.8. The summed E-state index contributed by atoms with van der Waals surface area (Å²) in [6.45, 7) is 5.50. The third kappa shape index (κ3) is 3.34. The molecule has 0 atom stereocenters. The molecule has 0 saturated carbocycles. The molecule has 108 valence electrons. The van der Waals surface area contributed by atoms with Crippen molar-refractivity contribution in [3.8, 4) is 10.6 Å². The number of nitrogens with zero attached hydrogens (tertiary/aromatic N) is 2. The summed E-state index contributed by atoms with van der Waals surface area (Å²) >= 11 is 1.15. The lowest BCUT2D eigenvalue weighted by Gasteiger charge is -2.04. The van der Waals surface area contributed by atoms with Crippen molar-refractivity contribution in [1.82, 2.24) is 15.5 Å². The first-order valence-corrected chi connectivity index (χ1v) is 6.97. The molecule has 20 heavy (non-hydrogen) atoms. The van der Waals surface area contributed by atoms with Gasteiger partial charge in [-0.1, -0.05) is 25.2 Å². The van der Waals surface area contributed by atoms with Crippen molar-refractivity contribution in [2.24, 2.45) is 5.92 Å². The fourth-order valence-corrected chi connectivity index (χ4v) is 2.42. The Morgan fingerprint density at radius 1 is 1.15 bits per heavy atom. The Balaban J connectivity index is 2.15. The van der Waals surface area contributed by atoms with Gasteiger partial charge in [-0.3, -0.25) is 0 Å². The van der Waals surface area contributed by atoms with E-state index in [9.17, 15) is 13.2 Å². The van der Waals surface area contributed by atoms with Gasteiger partial charge in [0.15, 0.2) is 22.5 Å². The number of hydrogen-bond acceptors (Lipinski definition) is 4. The van der Waals surface area contributed by atoms with E-state index in [-0.39, 0.29) is 10.6 Å². The molecular formula is C13H14F3N3S. The fourth-order valence-electron chi connectivity index (χ4n) is 1.59. The Morgan fingerprint density at radius 3 is 2.60 bits per heavy atom. The standard InChI is InChI=1S/C13H14F3N3S/c1-7(2)5-17-6-10-18-19-13(20-10)8-3-4-9(14)12(16)11(8)15/h3-4,7,17H,5-6H2,1-2H3. The third-order valence-electron chi connectivity index (χ3n) is 2.56. The van der Waals surface area contributed by atoms with Gasteiger partial charge in [0.2, 0.25) is 0 Å². The van der Waals surface area contributed by atoms with Crippen LogP contribution in [0.3, 0.4) is 0 Å². The molecule has 0 radical (unpaired) electrons. The number of rotatable bonds is 5. The van der Waals surface area contributed by atoms with E-state index in [1.807, 2.05) is 0 Å². The van der Waals surface area contributed by atoms with Crippen LogP contribution in [0.5, 0.6) is 0 Å². The summed E-state index contributed by atoms with van der Waals surface area (Å²) < 4.78 is 39.7. The van der Waals surface area contributed by atoms with Gasteiger partial charge in [0, 0.05) is 6.54 Å². The highest BCUT2D eigenvalue weighted by molar-refractivity contribution is 7.14. The molecule has 0 bridgehead atoms. The van der Waals surface area contributed by atoms with Crippen LogP contribution in [0.25, 0.3) is 10.6 Å². The maximum atomic E-state index is 13.6. The summed E-state index contributed by atoms with van der Waals surface area (Å²) in [6, 6.07) is 2.05. The van der Waals surface area contributed by atoms with Crippen molar-refractivity contribution < 1.29 is 13.2 Å². The minimum atomic E-state index is -1.49. The number of benzene rings is 1. The summed E-state index contributed by atoms with van der Waals surface area (Å²) in [7, 11) is 0. The van der Waals surface area contributed by atoms with Gasteiger partial charge in [-0.15, -0.1) is 10.2 Å². The minimum absolute atomic E-state index is 0.0727. The topological polar surface area (TPSA) is 37.8 Å². The van der Waals surface area contributed by atoms with Crippen molar-refractivity contribution in [2.75, 3.05) is 6.54 Å². The molecule has 0 unspecified atom stereocenters. The fraction of sp³-hybridized carbons (Fsp3) is 0.385. The molecule has 0 saturated heterocycles. The lowest BCUT2D eigenvalue weighted by Crippen LogP contribution is -2.18. The van der Waals surface area contributed by atoms with Gasteiger partial charge in [0.05, 0.1) is 5.56 Å². The highest BCUT2D eigenvalue weighted by atomic mass is 32.1. The maximum absolute atomic E-state index is 13.6. The van der Waals surface area contributed by atoms with Crippen LogP contribution in [0.15, 0.2) is 12.1 Å². The van der Waals surface area contributed by atoms with Crippen molar-refractivity contribution in [2.45, 2.75) is 20.4 Å². The van der Waals surface area contributed by atoms with Crippen molar-refractivity contribution >= 4 is 11.3 Å². The van der Waals surface area contributed by atoms with E-state index >= 15 is 0 Å². The second-order valence-corrected chi connectivity index (χ2v) is 5.81. The molecule has 0 aliphatic carbocycles. The van der Waals surface area contributed by atoms with E-state index in [1.54, 1.807) is 0 Å². The van der Waals surface area contributed by atoms with Gasteiger partial charge >= 0.3 is 0 Å². The molecule has 2 aromatic rings. The first kappa shape index (κ1) is 14.9. The molecule has 0 spiro atoms. The first-order valence-electron chi connectivity index (χ1n) is 6.16. The van der Waals surface area contributed by atoms with Gasteiger partial charge in [-0.05, 0) is 24.6 Å². The highest BCUT2D eigenvalue weighted by Crippen LogP contribution is 2.28. The molecule has 0 fully saturated rings. The quantitative estimate of drug-likeness (QED) is 0.861. The average Bonchev–Trinajstić information content (AvgIpc) is 2.84. The Bertz CT molecular complexity index is 599. The van der Waals surface area contributed by atoms with Gasteiger partial charge in [-0.2, -0.15) is 0 Å². The molecule has 2 rings (SSSR count). The number of halogens is 3. The predicted octanol–water partition coefficient (Wildman–Crippen LogP) is 3.37. The molecular weight excluding hydrogens is 287 g/mol. The van der Waals surface area contributed by atoms with E-state index in [2.05, 4.69) is 29.4 Å². The van der Waals surface area contributed by atoms with Crippen molar-refractivity contribution in [3.05, 3.63) is 34.6 Å². The van der Waals surface area contributed by atoms with Gasteiger partial charge in [0.1, 0.15) is 5.01 Å². The number of nitrogens with one attached hydrogen (secondary N) is 1. The molecule has 7 heteroatoms. The van der Waals surface area contributed by atoms with Crippen LogP contribution in [0, 0.1) is 23.4 Å². The van der Waals surface area contributed by atoms with Crippen LogP contribution in [0.4, 0.5) is 13.2 Å². The molecule has 1 N–H and O–H groups in total. The van der Waals surface area contributed by atoms with Crippen LogP contribution in [-0.2, 0) is 6.54 Å². The second-order valence-electron chi connectivity index (χ2n) is 4.75. The van der Waals surface area contributed by atoms with Crippen LogP contribution in [-0.4, -0.2) is 16.7 Å². The van der Waals surface area contributed by atoms with Crippen LogP contribution in [0.2, 0.25) is 0 Å². The third-order valence-corrected chi connectivity index (χ3v) is 3.52. The molecule has 1 heterocycles. The van der Waals surface area contributed by atoms with Crippen molar-refractivity contribution in [1.29, 1.82) is 0 Å². The predicted molar refractivity (Wildman–Crippen MR) is 71.8 cm³/mol. The monoisotopic (exact) mass is 301 g/mol. The van der Waals surface area contributed by atoms with Crippen molar-refractivity contribution in [3.63, 3.8) is 0 Å². The van der Waals surface area contributed by atoms with Crippen LogP contribution < -0.4 is 5.32 Å². The molecule has 0 aliphatic heterocycles. The normalized spacial score (nSPS) is 11.3. The lowest BCUT2D eigenvalue weighted by atomic mass is 10.2. The summed E-state index contributed by atoms with van der Waals surface area (Å²) in [4.78, 5) is 0. The van der Waals surface area contributed by atoms with Gasteiger partial charge in [-0.25, -0.2) is 13.2 Å². The Kier molecular flexibility index (Phi) is 4.72. The van der Waals surface area contributed by atoms with E-state index in [0.717, 1.165) is 23.9 Å². The zero-order valence-electron chi connectivity index (χ0n) is 11.1. The molecule has 1 aromatic heterocycles. The Morgan fingerprint density at radius 2 is 1.90 bits per heavy atom. The Hall–Kier alpha value is -1.47. The lowest BCUT2D eigenvalue weighted by molar-refractivity contribution is 0.449. The summed E-state index contributed by atoms with van der Waals surface area (Å²) in [5.74, 6) is -3.43. The van der Waals surface area contributed by atoms with Gasteiger partial charge < -0.3 is 5.32 Å². The minimum Gasteiger partial charge on any atom is -0.310 e. The highest BCUT2D eigenvalue weighted by Gasteiger charge is 2.17. The zero-order chi connectivity index (χ0) is 14.7. The van der Waals surface area contributed by atoms with Gasteiger partial charge in [0.25, 0.3) is 0 Å². The SMILES string of the molecule is CC(C)CNCc1nnc(-c2ccc(F)c(F)c2F)s1.